The number of carbonyl (C=O) groups excluding carboxylic acids is 1. The molecule has 1 aromatic rings. The Kier molecular flexibility index (Phi) is 5.01. The van der Waals surface area contributed by atoms with Gasteiger partial charge in [0.1, 0.15) is 0 Å². The highest BCUT2D eigenvalue weighted by atomic mass is 16.5. The molecular formula is C19H26N2O4. The van der Waals surface area contributed by atoms with Crippen LogP contribution in [0.15, 0.2) is 24.5 Å². The Morgan fingerprint density at radius 2 is 2.08 bits per heavy atom. The second-order valence-electron chi connectivity index (χ2n) is 7.53. The van der Waals surface area contributed by atoms with Gasteiger partial charge in [0.05, 0.1) is 26.4 Å². The van der Waals surface area contributed by atoms with Gasteiger partial charge in [-0.05, 0) is 30.5 Å². The van der Waals surface area contributed by atoms with E-state index in [1.54, 1.807) is 12.4 Å². The van der Waals surface area contributed by atoms with E-state index >= 15 is 0 Å². The van der Waals surface area contributed by atoms with Crippen molar-refractivity contribution in [3.8, 4) is 0 Å². The van der Waals surface area contributed by atoms with Crippen molar-refractivity contribution in [2.24, 2.45) is 17.3 Å². The summed E-state index contributed by atoms with van der Waals surface area (Å²) in [5, 5.41) is 0. The second kappa shape index (κ2) is 7.40. The third-order valence-corrected chi connectivity index (χ3v) is 5.81. The molecule has 4 heterocycles. The Hall–Kier alpha value is -1.50. The van der Waals surface area contributed by atoms with Crippen LogP contribution in [0, 0.1) is 17.3 Å². The van der Waals surface area contributed by atoms with E-state index in [0.717, 1.165) is 38.1 Å². The quantitative estimate of drug-likeness (QED) is 0.809. The molecule has 6 heteroatoms. The summed E-state index contributed by atoms with van der Waals surface area (Å²) in [5.74, 6) is 0.809. The summed E-state index contributed by atoms with van der Waals surface area (Å²) in [6.45, 7) is 5.59. The van der Waals surface area contributed by atoms with Crippen LogP contribution in [0.3, 0.4) is 0 Å². The smallest absolute Gasteiger partial charge is 0.225 e. The third-order valence-electron chi connectivity index (χ3n) is 5.81. The van der Waals surface area contributed by atoms with Crippen LogP contribution in [0.1, 0.15) is 18.4 Å². The summed E-state index contributed by atoms with van der Waals surface area (Å²) in [6.07, 6.45) is 5.26. The minimum Gasteiger partial charge on any atom is -0.381 e. The Bertz CT molecular complexity index is 590. The normalized spacial score (nSPS) is 29.8. The number of hydrogen-bond acceptors (Lipinski definition) is 5. The molecule has 4 rings (SSSR count). The minimum absolute atomic E-state index is 0.0478. The summed E-state index contributed by atoms with van der Waals surface area (Å²) in [5.41, 5.74) is 1.07. The average Bonchev–Trinajstić information content (AvgIpc) is 3.20. The van der Waals surface area contributed by atoms with Crippen molar-refractivity contribution in [1.29, 1.82) is 0 Å². The lowest BCUT2D eigenvalue weighted by Gasteiger charge is -2.29. The monoisotopic (exact) mass is 346 g/mol. The van der Waals surface area contributed by atoms with Crippen LogP contribution in [-0.4, -0.2) is 61.9 Å². The number of rotatable bonds is 5. The largest absolute Gasteiger partial charge is 0.381 e. The van der Waals surface area contributed by atoms with Crippen LogP contribution in [0.25, 0.3) is 0 Å². The van der Waals surface area contributed by atoms with Gasteiger partial charge in [0.15, 0.2) is 0 Å². The van der Waals surface area contributed by atoms with Gasteiger partial charge >= 0.3 is 0 Å². The zero-order valence-corrected chi connectivity index (χ0v) is 14.6. The molecule has 1 aromatic heterocycles. The number of likely N-dealkylation sites (tertiary alicyclic amines) is 1. The van der Waals surface area contributed by atoms with Gasteiger partial charge in [0.2, 0.25) is 5.91 Å². The highest BCUT2D eigenvalue weighted by Gasteiger charge is 2.52. The standard InChI is InChI=1S/C19H26N2O4/c22-18(16-3-7-23-8-4-16)21-9-17-11-25-14-19(17,12-21)13-24-10-15-1-5-20-6-2-15/h1-2,5-6,16-17H,3-4,7-14H2/t17-,19-/m0/s1. The zero-order valence-electron chi connectivity index (χ0n) is 14.6. The Morgan fingerprint density at radius 3 is 2.88 bits per heavy atom. The fraction of sp³-hybridized carbons (Fsp3) is 0.684. The number of aromatic nitrogens is 1. The molecular weight excluding hydrogens is 320 g/mol. The highest BCUT2D eigenvalue weighted by molar-refractivity contribution is 5.79. The van der Waals surface area contributed by atoms with Crippen molar-refractivity contribution in [3.05, 3.63) is 30.1 Å². The molecule has 3 saturated heterocycles. The first kappa shape index (κ1) is 16.9. The van der Waals surface area contributed by atoms with Crippen molar-refractivity contribution in [2.45, 2.75) is 19.4 Å². The summed E-state index contributed by atoms with van der Waals surface area (Å²) in [4.78, 5) is 18.9. The molecule has 3 fully saturated rings. The maximum atomic E-state index is 12.9. The van der Waals surface area contributed by atoms with Gasteiger partial charge < -0.3 is 19.1 Å². The van der Waals surface area contributed by atoms with Crippen molar-refractivity contribution < 1.29 is 19.0 Å². The third kappa shape index (κ3) is 3.57. The van der Waals surface area contributed by atoms with Crippen LogP contribution < -0.4 is 0 Å². The van der Waals surface area contributed by atoms with Gasteiger partial charge in [-0.1, -0.05) is 0 Å². The lowest BCUT2D eigenvalue weighted by Crippen LogP contribution is -2.40. The van der Waals surface area contributed by atoms with E-state index in [9.17, 15) is 4.79 Å². The van der Waals surface area contributed by atoms with Crippen LogP contribution in [0.4, 0.5) is 0 Å². The maximum Gasteiger partial charge on any atom is 0.225 e. The molecule has 25 heavy (non-hydrogen) atoms. The van der Waals surface area contributed by atoms with Gasteiger partial charge in [0, 0.05) is 55.9 Å². The van der Waals surface area contributed by atoms with Crippen LogP contribution >= 0.6 is 0 Å². The molecule has 0 N–H and O–H groups in total. The number of ether oxygens (including phenoxy) is 3. The summed E-state index contributed by atoms with van der Waals surface area (Å²) in [6, 6.07) is 3.94. The predicted octanol–water partition coefficient (Wildman–Crippen LogP) is 1.50. The van der Waals surface area contributed by atoms with Crippen molar-refractivity contribution in [3.63, 3.8) is 0 Å². The SMILES string of the molecule is O=C(C1CCOCC1)N1C[C@H]2COC[C@@]2(COCc2ccncc2)C1. The highest BCUT2D eigenvalue weighted by Crippen LogP contribution is 2.42. The van der Waals surface area contributed by atoms with E-state index in [1.165, 1.54) is 0 Å². The summed E-state index contributed by atoms with van der Waals surface area (Å²) < 4.78 is 17.1. The number of hydrogen-bond donors (Lipinski definition) is 0. The zero-order chi connectivity index (χ0) is 17.1. The Labute approximate surface area is 148 Å². The Balaban J connectivity index is 1.36. The molecule has 136 valence electrons. The summed E-state index contributed by atoms with van der Waals surface area (Å²) in [7, 11) is 0. The molecule has 3 aliphatic heterocycles. The molecule has 2 atom stereocenters. The lowest BCUT2D eigenvalue weighted by atomic mass is 9.82. The molecule has 0 radical (unpaired) electrons. The molecule has 6 nitrogen and oxygen atoms in total. The molecule has 0 unspecified atom stereocenters. The van der Waals surface area contributed by atoms with E-state index in [2.05, 4.69) is 9.88 Å². The Morgan fingerprint density at radius 1 is 1.28 bits per heavy atom. The first-order valence-corrected chi connectivity index (χ1v) is 9.18. The van der Waals surface area contributed by atoms with E-state index < -0.39 is 0 Å². The number of nitrogens with zero attached hydrogens (tertiary/aromatic N) is 2. The number of carbonyl (C=O) groups is 1. The van der Waals surface area contributed by atoms with Gasteiger partial charge in [0.25, 0.3) is 0 Å². The summed E-state index contributed by atoms with van der Waals surface area (Å²) >= 11 is 0. The fourth-order valence-corrected chi connectivity index (χ4v) is 4.26. The lowest BCUT2D eigenvalue weighted by molar-refractivity contribution is -0.138. The van der Waals surface area contributed by atoms with Crippen LogP contribution in [0.2, 0.25) is 0 Å². The first-order chi connectivity index (χ1) is 12.3. The predicted molar refractivity (Wildman–Crippen MR) is 90.8 cm³/mol. The van der Waals surface area contributed by atoms with Gasteiger partial charge in [-0.25, -0.2) is 0 Å². The second-order valence-corrected chi connectivity index (χ2v) is 7.53. The maximum absolute atomic E-state index is 12.9. The fourth-order valence-electron chi connectivity index (χ4n) is 4.26. The molecule has 0 spiro atoms. The first-order valence-electron chi connectivity index (χ1n) is 9.18. The van der Waals surface area contributed by atoms with E-state index in [-0.39, 0.29) is 11.3 Å². The van der Waals surface area contributed by atoms with E-state index in [0.29, 0.717) is 44.9 Å². The van der Waals surface area contributed by atoms with E-state index in [4.69, 9.17) is 14.2 Å². The molecule has 3 aliphatic rings. The van der Waals surface area contributed by atoms with Crippen molar-refractivity contribution in [2.75, 3.05) is 46.1 Å². The average molecular weight is 346 g/mol. The van der Waals surface area contributed by atoms with Crippen LogP contribution in [0.5, 0.6) is 0 Å². The van der Waals surface area contributed by atoms with Gasteiger partial charge in [-0.2, -0.15) is 0 Å². The van der Waals surface area contributed by atoms with Crippen molar-refractivity contribution >= 4 is 5.91 Å². The molecule has 0 saturated carbocycles. The van der Waals surface area contributed by atoms with Gasteiger partial charge in [-0.15, -0.1) is 0 Å². The van der Waals surface area contributed by atoms with Gasteiger partial charge in [-0.3, -0.25) is 9.78 Å². The molecule has 0 bridgehead atoms. The van der Waals surface area contributed by atoms with Crippen LogP contribution in [-0.2, 0) is 25.6 Å². The number of pyridine rings is 1. The number of amides is 1. The van der Waals surface area contributed by atoms with Crippen molar-refractivity contribution in [1.82, 2.24) is 9.88 Å². The topological polar surface area (TPSA) is 60.9 Å². The number of fused-ring (bicyclic) bond motifs is 1. The molecule has 1 amide bonds. The molecule has 0 aliphatic carbocycles. The van der Waals surface area contributed by atoms with E-state index in [1.807, 2.05) is 12.1 Å². The molecule has 0 aromatic carbocycles. The minimum atomic E-state index is -0.0478.